The number of benzene rings is 18. The molecule has 6 aliphatic carbocycles. The zero-order valence-electron chi connectivity index (χ0n) is 35.1. The van der Waals surface area contributed by atoms with E-state index in [1.165, 1.54) is 0 Å². The van der Waals surface area contributed by atoms with E-state index in [1.54, 1.807) is 313 Å². The highest BCUT2D eigenvalue weighted by Crippen LogP contribution is 2.92. The molecule has 68 heavy (non-hydrogen) atoms. The molecule has 284 valence electrons. The van der Waals surface area contributed by atoms with E-state index in [0.717, 1.165) is 19.3 Å². The van der Waals surface area contributed by atoms with Crippen LogP contribution in [0.3, 0.4) is 0 Å². The van der Waals surface area contributed by atoms with E-state index in [4.69, 9.17) is 0 Å². The second-order valence-corrected chi connectivity index (χ2v) is 26.5. The molecule has 0 unspecified atom stereocenters. The molecule has 0 heterocycles. The van der Waals surface area contributed by atoms with Gasteiger partial charge >= 0.3 is 0 Å². The maximum absolute atomic E-state index is 16.0. The zero-order valence-corrected chi connectivity index (χ0v) is 35.1. The number of Topliss-reactive ketones (excluding diaryl/α,β-unsaturated/α-hetero) is 1. The van der Waals surface area contributed by atoms with Gasteiger partial charge in [0, 0.05) is 23.2 Å². The number of rotatable bonds is 0. The highest BCUT2D eigenvalue weighted by Gasteiger charge is 2.87. The fourth-order valence-electron chi connectivity index (χ4n) is 27.2. The Kier molecular flexibility index (Phi) is 1.95. The minimum absolute atomic E-state index is 0.0144. The van der Waals surface area contributed by atoms with Gasteiger partial charge in [-0.25, -0.2) is 0 Å². The summed E-state index contributed by atoms with van der Waals surface area (Å²) < 4.78 is 0. The molecular formula is C67H10O. The smallest absolute Gasteiger partial charge is 0.137 e. The monoisotopic (exact) mass is 830 g/mol. The van der Waals surface area contributed by atoms with Gasteiger partial charge in [0.2, 0.25) is 0 Å². The first kappa shape index (κ1) is 24.8. The average Bonchev–Trinajstić information content (AvgIpc) is 4.26. The number of hydrogen-bond acceptors (Lipinski definition) is 1. The zero-order chi connectivity index (χ0) is 40.3. The van der Waals surface area contributed by atoms with Crippen LogP contribution in [-0.2, 0) is 15.6 Å². The quantitative estimate of drug-likeness (QED) is 0.139. The molecule has 2 fully saturated rings. The summed E-state index contributed by atoms with van der Waals surface area (Å²) in [5.41, 5.74) is 5.96. The predicted octanol–water partition coefficient (Wildman–Crippen LogP) is 17.7. The number of carbonyl (C=O) groups excluding carboxylic acids is 1. The lowest BCUT2D eigenvalue weighted by atomic mass is 9.22. The van der Waals surface area contributed by atoms with Crippen LogP contribution in [0.1, 0.15) is 48.4 Å². The van der Waals surface area contributed by atoms with Gasteiger partial charge in [-0.2, -0.15) is 0 Å². The highest BCUT2D eigenvalue weighted by molar-refractivity contribution is 6.82. The lowest BCUT2D eigenvalue weighted by molar-refractivity contribution is -0.170. The fraction of sp³-hybridized carbons (Fsp3) is 0.119. The van der Waals surface area contributed by atoms with Gasteiger partial charge in [0.1, 0.15) is 5.78 Å². The first-order valence-electron chi connectivity index (χ1n) is 26.0. The van der Waals surface area contributed by atoms with Crippen LogP contribution in [0.2, 0.25) is 0 Å². The van der Waals surface area contributed by atoms with E-state index in [0.29, 0.717) is 5.78 Å². The van der Waals surface area contributed by atoms with Gasteiger partial charge in [-0.05, 0) is 331 Å². The van der Waals surface area contributed by atoms with Crippen LogP contribution in [0.4, 0.5) is 0 Å². The van der Waals surface area contributed by atoms with E-state index in [1.807, 2.05) is 0 Å². The third kappa shape index (κ3) is 1.20. The van der Waals surface area contributed by atoms with Gasteiger partial charge < -0.3 is 0 Å². The number of carbonyl (C=O) groups is 1. The summed E-state index contributed by atoms with van der Waals surface area (Å²) in [4.78, 5) is 16.0. The molecule has 2 atom stereocenters. The Labute approximate surface area is 370 Å². The Bertz CT molecular complexity index is 7030. The Morgan fingerprint density at radius 3 is 0.647 bits per heavy atom. The molecule has 0 amide bonds. The maximum Gasteiger partial charge on any atom is 0.137 e. The molecule has 0 radical (unpaired) electrons. The average molecular weight is 831 g/mol. The first-order valence-corrected chi connectivity index (χ1v) is 26.0. The molecule has 2 spiro atoms. The van der Waals surface area contributed by atoms with Gasteiger partial charge in [-0.15, -0.1) is 0 Å². The van der Waals surface area contributed by atoms with E-state index < -0.39 is 5.41 Å². The summed E-state index contributed by atoms with van der Waals surface area (Å²) in [6.07, 6.45) is 2.90. The second-order valence-electron chi connectivity index (χ2n) is 26.5. The second kappa shape index (κ2) is 5.36. The van der Waals surface area contributed by atoms with Crippen LogP contribution in [-0.4, -0.2) is 5.78 Å². The number of fused-ring (bicyclic) bond motifs is 1. The molecule has 28 aromatic rings. The van der Waals surface area contributed by atoms with Crippen molar-refractivity contribution in [2.45, 2.75) is 37.0 Å². The SMILES string of the molecule is C[C@]12CCCC(=O)[C@@H]1C13c4c5c6c7c8c9c(c%10c%11c1c1c4c4c%12c5c5c6c6c8c8c%13c9c9c%10c%10c%11c%11c1c1c4c4c%12c%12c5c5c6c8c6c8c%13c9c9c%10c%10c%11c1c1c4c4c%12c5c6c5c8c9c%10c1c45)C732. The van der Waals surface area contributed by atoms with Gasteiger partial charge in [-0.1, -0.05) is 6.92 Å². The van der Waals surface area contributed by atoms with E-state index in [9.17, 15) is 0 Å². The topological polar surface area (TPSA) is 17.1 Å². The molecule has 34 rings (SSSR count). The Morgan fingerprint density at radius 2 is 0.441 bits per heavy atom. The van der Waals surface area contributed by atoms with Crippen LogP contribution in [0.5, 0.6) is 0 Å². The summed E-state index contributed by atoms with van der Waals surface area (Å²) in [5, 5.41) is 88.8. The predicted molar refractivity (Wildman–Crippen MR) is 284 cm³/mol. The van der Waals surface area contributed by atoms with Crippen molar-refractivity contribution in [3.63, 3.8) is 0 Å². The molecule has 0 aliphatic heterocycles. The molecular weight excluding hydrogens is 821 g/mol. The molecule has 6 aliphatic rings. The maximum atomic E-state index is 16.0. The fourth-order valence-corrected chi connectivity index (χ4v) is 27.2. The van der Waals surface area contributed by atoms with Crippen LogP contribution < -0.4 is 0 Å². The van der Waals surface area contributed by atoms with Crippen LogP contribution in [0.25, 0.3) is 291 Å². The lowest BCUT2D eigenvalue weighted by Gasteiger charge is -2.77. The molecule has 2 saturated carbocycles. The van der Waals surface area contributed by atoms with Gasteiger partial charge in [0.25, 0.3) is 0 Å². The lowest BCUT2D eigenvalue weighted by Crippen LogP contribution is -2.80. The summed E-state index contributed by atoms with van der Waals surface area (Å²) in [5.74, 6) is 0.571. The van der Waals surface area contributed by atoms with Crippen LogP contribution in [0, 0.1) is 11.3 Å². The van der Waals surface area contributed by atoms with E-state index >= 15 is 4.79 Å². The molecule has 0 aromatic heterocycles. The van der Waals surface area contributed by atoms with Gasteiger partial charge in [-0.3, -0.25) is 4.79 Å². The standard InChI is InChI=1S/C67H10O/c1-65-4-2-3-5(68)64(65)66-60-52-44-34-24-16-8-6-7-10-14-12(8)20-28-22(14)32-26-18(10)19-11(7)15-13-9(6)17(16)25-31-21(13)29-23(15)33-27(19)37-36(26)48-42(32)50-40(28)46(38(44)30(20)24)54(60)56(50)62-58(48)59-49(37)43(33)51-41(29)47-39(31)45(35(25)34)53(52)61(66)55(47)57(51)63(59)67(62,65)66/h64H,2-4H2,1H3/t64-,65-,66?,67?/m0/s1. The summed E-state index contributed by atoms with van der Waals surface area (Å²) in [6.45, 7) is 2.71. The van der Waals surface area contributed by atoms with E-state index in [-0.39, 0.29) is 16.7 Å². The van der Waals surface area contributed by atoms with Crippen LogP contribution in [0.15, 0.2) is 0 Å². The van der Waals surface area contributed by atoms with Gasteiger partial charge in [0.15, 0.2) is 0 Å². The van der Waals surface area contributed by atoms with Crippen molar-refractivity contribution in [3.05, 3.63) is 22.3 Å². The molecule has 0 bridgehead atoms. The van der Waals surface area contributed by atoms with Crippen molar-refractivity contribution in [1.29, 1.82) is 0 Å². The Morgan fingerprint density at radius 1 is 0.265 bits per heavy atom. The molecule has 1 heteroatoms. The third-order valence-corrected chi connectivity index (χ3v) is 26.7. The number of ketones is 1. The summed E-state index contributed by atoms with van der Waals surface area (Å²) in [7, 11) is 0. The Balaban J connectivity index is 1.23. The van der Waals surface area contributed by atoms with Crippen molar-refractivity contribution in [2.24, 2.45) is 11.3 Å². The van der Waals surface area contributed by atoms with Gasteiger partial charge in [0.05, 0.1) is 0 Å². The molecule has 28 aromatic carbocycles. The minimum atomic E-state index is -0.398. The molecule has 0 N–H and O–H groups in total. The van der Waals surface area contributed by atoms with Crippen molar-refractivity contribution in [3.8, 4) is 0 Å². The van der Waals surface area contributed by atoms with Crippen molar-refractivity contribution in [2.75, 3.05) is 0 Å². The molecule has 1 nitrogen and oxygen atoms in total. The van der Waals surface area contributed by atoms with E-state index in [2.05, 4.69) is 6.92 Å². The molecule has 0 saturated heterocycles. The van der Waals surface area contributed by atoms with Crippen molar-refractivity contribution < 1.29 is 4.79 Å². The van der Waals surface area contributed by atoms with Crippen LogP contribution >= 0.6 is 0 Å². The normalized spacial score (nSPS) is 27.1. The van der Waals surface area contributed by atoms with Crippen molar-refractivity contribution in [1.82, 2.24) is 0 Å². The third-order valence-electron chi connectivity index (χ3n) is 26.7. The Hall–Kier alpha value is -7.87. The summed E-state index contributed by atoms with van der Waals surface area (Å²) in [6, 6.07) is 0. The summed E-state index contributed by atoms with van der Waals surface area (Å²) >= 11 is 0. The minimum Gasteiger partial charge on any atom is -0.299 e. The van der Waals surface area contributed by atoms with Crippen molar-refractivity contribution >= 4 is 297 Å². The largest absolute Gasteiger partial charge is 0.299 e. The number of hydrogen-bond donors (Lipinski definition) is 0. The highest BCUT2D eigenvalue weighted by atomic mass is 16.1. The first-order chi connectivity index (χ1) is 33.7.